The van der Waals surface area contributed by atoms with E-state index in [1.165, 1.54) is 0 Å². The second-order valence-electron chi connectivity index (χ2n) is 3.89. The summed E-state index contributed by atoms with van der Waals surface area (Å²) in [5.41, 5.74) is 8.95. The van der Waals surface area contributed by atoms with Gasteiger partial charge in [0, 0.05) is 10.7 Å². The fourth-order valence-corrected chi connectivity index (χ4v) is 2.07. The van der Waals surface area contributed by atoms with Crippen molar-refractivity contribution in [2.75, 3.05) is 11.1 Å². The van der Waals surface area contributed by atoms with Gasteiger partial charge in [-0.1, -0.05) is 40.9 Å². The molecular formula is C13H11Cl3N2. The topological polar surface area (TPSA) is 38.0 Å². The van der Waals surface area contributed by atoms with Gasteiger partial charge in [-0.2, -0.15) is 0 Å². The fourth-order valence-electron chi connectivity index (χ4n) is 1.56. The lowest BCUT2D eigenvalue weighted by Gasteiger charge is -2.13. The van der Waals surface area contributed by atoms with Gasteiger partial charge in [-0.15, -0.1) is 0 Å². The Balaban J connectivity index is 2.40. The molecule has 0 saturated heterocycles. The van der Waals surface area contributed by atoms with Gasteiger partial charge < -0.3 is 11.1 Å². The van der Waals surface area contributed by atoms with Crippen molar-refractivity contribution in [1.29, 1.82) is 0 Å². The van der Waals surface area contributed by atoms with Crippen LogP contribution < -0.4 is 11.1 Å². The van der Waals surface area contributed by atoms with Crippen LogP contribution in [0.2, 0.25) is 15.1 Å². The first-order valence-electron chi connectivity index (χ1n) is 5.25. The third kappa shape index (κ3) is 2.66. The first-order chi connectivity index (χ1) is 8.49. The zero-order valence-corrected chi connectivity index (χ0v) is 11.9. The number of hydrogen-bond donors (Lipinski definition) is 2. The van der Waals surface area contributed by atoms with Gasteiger partial charge in [0.25, 0.3) is 0 Å². The second-order valence-corrected chi connectivity index (χ2v) is 5.11. The van der Waals surface area contributed by atoms with Crippen molar-refractivity contribution in [3.8, 4) is 0 Å². The van der Waals surface area contributed by atoms with E-state index in [9.17, 15) is 0 Å². The highest BCUT2D eigenvalue weighted by molar-refractivity contribution is 6.42. The molecule has 0 radical (unpaired) electrons. The van der Waals surface area contributed by atoms with Crippen molar-refractivity contribution >= 4 is 51.9 Å². The van der Waals surface area contributed by atoms with Crippen LogP contribution in [-0.4, -0.2) is 0 Å². The summed E-state index contributed by atoms with van der Waals surface area (Å²) in [7, 11) is 0. The van der Waals surface area contributed by atoms with Gasteiger partial charge >= 0.3 is 0 Å². The van der Waals surface area contributed by atoms with Crippen LogP contribution in [0.3, 0.4) is 0 Å². The Labute approximate surface area is 121 Å². The number of hydrogen-bond acceptors (Lipinski definition) is 2. The highest BCUT2D eigenvalue weighted by atomic mass is 35.5. The van der Waals surface area contributed by atoms with Crippen molar-refractivity contribution in [2.24, 2.45) is 0 Å². The van der Waals surface area contributed by atoms with E-state index in [1.807, 2.05) is 25.1 Å². The molecule has 0 aliphatic carbocycles. The Morgan fingerprint density at radius 1 is 0.944 bits per heavy atom. The molecule has 5 heteroatoms. The molecule has 2 aromatic carbocycles. The number of rotatable bonds is 2. The van der Waals surface area contributed by atoms with Crippen molar-refractivity contribution in [2.45, 2.75) is 6.92 Å². The van der Waals surface area contributed by atoms with Crippen molar-refractivity contribution in [1.82, 2.24) is 0 Å². The molecule has 0 heterocycles. The smallest absolute Gasteiger partial charge is 0.0634 e. The summed E-state index contributed by atoms with van der Waals surface area (Å²) >= 11 is 17.9. The van der Waals surface area contributed by atoms with Crippen LogP contribution in [0.4, 0.5) is 17.1 Å². The third-order valence-electron chi connectivity index (χ3n) is 2.63. The SMILES string of the molecule is Cc1c(Cl)cccc1Nc1cc(Cl)c(Cl)cc1N. The lowest BCUT2D eigenvalue weighted by Crippen LogP contribution is -1.98. The summed E-state index contributed by atoms with van der Waals surface area (Å²) in [6.07, 6.45) is 0. The molecule has 0 amide bonds. The maximum atomic E-state index is 6.06. The van der Waals surface area contributed by atoms with Gasteiger partial charge in [0.05, 0.1) is 21.4 Å². The number of nitrogens with two attached hydrogens (primary N) is 1. The summed E-state index contributed by atoms with van der Waals surface area (Å²) < 4.78 is 0. The Morgan fingerprint density at radius 3 is 2.33 bits per heavy atom. The Kier molecular flexibility index (Phi) is 3.91. The number of nitrogen functional groups attached to an aromatic ring is 1. The summed E-state index contributed by atoms with van der Waals surface area (Å²) in [5, 5.41) is 4.77. The van der Waals surface area contributed by atoms with Crippen LogP contribution in [0.1, 0.15) is 5.56 Å². The normalized spacial score (nSPS) is 10.4. The van der Waals surface area contributed by atoms with E-state index in [1.54, 1.807) is 12.1 Å². The van der Waals surface area contributed by atoms with Crippen LogP contribution in [0, 0.1) is 6.92 Å². The molecule has 94 valence electrons. The van der Waals surface area contributed by atoms with Gasteiger partial charge in [-0.3, -0.25) is 0 Å². The molecule has 2 aromatic rings. The minimum Gasteiger partial charge on any atom is -0.397 e. The van der Waals surface area contributed by atoms with E-state index in [0.29, 0.717) is 26.4 Å². The zero-order valence-electron chi connectivity index (χ0n) is 9.60. The molecule has 0 spiro atoms. The quantitative estimate of drug-likeness (QED) is 0.740. The fraction of sp³-hybridized carbons (Fsp3) is 0.0769. The lowest BCUT2D eigenvalue weighted by molar-refractivity contribution is 1.43. The zero-order chi connectivity index (χ0) is 13.3. The maximum absolute atomic E-state index is 6.06. The predicted molar refractivity (Wildman–Crippen MR) is 80.3 cm³/mol. The van der Waals surface area contributed by atoms with Gasteiger partial charge in [0.2, 0.25) is 0 Å². The monoisotopic (exact) mass is 300 g/mol. The van der Waals surface area contributed by atoms with Crippen LogP contribution in [0.15, 0.2) is 30.3 Å². The van der Waals surface area contributed by atoms with E-state index in [2.05, 4.69) is 5.32 Å². The second kappa shape index (κ2) is 5.27. The lowest BCUT2D eigenvalue weighted by atomic mass is 10.2. The van der Waals surface area contributed by atoms with E-state index >= 15 is 0 Å². The maximum Gasteiger partial charge on any atom is 0.0634 e. The highest BCUT2D eigenvalue weighted by Crippen LogP contribution is 2.34. The summed E-state index contributed by atoms with van der Waals surface area (Å²) in [6.45, 7) is 1.93. The van der Waals surface area contributed by atoms with Crippen molar-refractivity contribution in [3.63, 3.8) is 0 Å². The minimum atomic E-state index is 0.433. The number of benzene rings is 2. The number of nitrogens with one attached hydrogen (secondary N) is 1. The largest absolute Gasteiger partial charge is 0.397 e. The Bertz CT molecular complexity index is 597. The molecule has 0 aromatic heterocycles. The molecule has 3 N–H and O–H groups in total. The third-order valence-corrected chi connectivity index (χ3v) is 3.76. The molecule has 0 bridgehead atoms. The van der Waals surface area contributed by atoms with E-state index in [0.717, 1.165) is 11.3 Å². The minimum absolute atomic E-state index is 0.433. The molecule has 0 unspecified atom stereocenters. The molecule has 0 saturated carbocycles. The van der Waals surface area contributed by atoms with Crippen LogP contribution in [0.5, 0.6) is 0 Å². The summed E-state index contributed by atoms with van der Waals surface area (Å²) in [5.74, 6) is 0. The summed E-state index contributed by atoms with van der Waals surface area (Å²) in [4.78, 5) is 0. The Morgan fingerprint density at radius 2 is 1.61 bits per heavy atom. The first-order valence-corrected chi connectivity index (χ1v) is 6.39. The van der Waals surface area contributed by atoms with Gasteiger partial charge in [-0.25, -0.2) is 0 Å². The van der Waals surface area contributed by atoms with E-state index < -0.39 is 0 Å². The molecule has 2 rings (SSSR count). The molecule has 0 aliphatic rings. The predicted octanol–water partition coefficient (Wildman–Crippen LogP) is 5.28. The van der Waals surface area contributed by atoms with Crippen molar-refractivity contribution < 1.29 is 0 Å². The summed E-state index contributed by atoms with van der Waals surface area (Å²) in [6, 6.07) is 8.93. The first kappa shape index (κ1) is 13.3. The standard InChI is InChI=1S/C13H11Cl3N2/c1-7-8(14)3-2-4-12(7)18-13-6-10(16)9(15)5-11(13)17/h2-6,18H,17H2,1H3. The molecule has 18 heavy (non-hydrogen) atoms. The number of halogens is 3. The molecular weight excluding hydrogens is 291 g/mol. The number of anilines is 3. The average molecular weight is 302 g/mol. The average Bonchev–Trinajstić information content (AvgIpc) is 2.32. The Hall–Kier alpha value is -1.09. The van der Waals surface area contributed by atoms with Crippen LogP contribution >= 0.6 is 34.8 Å². The molecule has 0 aliphatic heterocycles. The highest BCUT2D eigenvalue weighted by Gasteiger charge is 2.07. The van der Waals surface area contributed by atoms with E-state index in [-0.39, 0.29) is 0 Å². The van der Waals surface area contributed by atoms with Gasteiger partial charge in [-0.05, 0) is 36.8 Å². The van der Waals surface area contributed by atoms with E-state index in [4.69, 9.17) is 40.5 Å². The molecule has 0 fully saturated rings. The van der Waals surface area contributed by atoms with Gasteiger partial charge in [0.1, 0.15) is 0 Å². The van der Waals surface area contributed by atoms with Gasteiger partial charge in [0.15, 0.2) is 0 Å². The van der Waals surface area contributed by atoms with Crippen LogP contribution in [-0.2, 0) is 0 Å². The van der Waals surface area contributed by atoms with Crippen LogP contribution in [0.25, 0.3) is 0 Å². The van der Waals surface area contributed by atoms with Crippen molar-refractivity contribution in [3.05, 3.63) is 51.0 Å². The molecule has 2 nitrogen and oxygen atoms in total. The molecule has 0 atom stereocenters.